The summed E-state index contributed by atoms with van der Waals surface area (Å²) < 4.78 is 4.27. The number of esters is 1. The minimum atomic E-state index is -0.347. The first-order valence-electron chi connectivity index (χ1n) is 1.92. The van der Waals surface area contributed by atoms with E-state index in [2.05, 4.69) is 11.3 Å². The van der Waals surface area contributed by atoms with Crippen molar-refractivity contribution in [2.24, 2.45) is 0 Å². The van der Waals surface area contributed by atoms with Crippen LogP contribution in [-0.4, -0.2) is 13.1 Å². The van der Waals surface area contributed by atoms with E-state index in [4.69, 9.17) is 0 Å². The molecule has 0 unspecified atom stereocenters. The van der Waals surface area contributed by atoms with Crippen LogP contribution in [0, 0.1) is 0 Å². The van der Waals surface area contributed by atoms with E-state index in [0.717, 1.165) is 0 Å². The van der Waals surface area contributed by atoms with Crippen LogP contribution in [0.4, 0.5) is 0 Å². The van der Waals surface area contributed by atoms with E-state index in [1.165, 1.54) is 7.11 Å². The Labute approximate surface area is 61.1 Å². The molecule has 0 atom stereocenters. The van der Waals surface area contributed by atoms with Gasteiger partial charge in [-0.25, -0.2) is 4.79 Å². The molecule has 0 bridgehead atoms. The fourth-order valence-electron chi connectivity index (χ4n) is 0.174. The van der Waals surface area contributed by atoms with E-state index in [0.29, 0.717) is 5.57 Å². The molecule has 40 valence electrons. The predicted molar refractivity (Wildman–Crippen MR) is 26.8 cm³/mol. The molecule has 0 aliphatic rings. The topological polar surface area (TPSA) is 26.3 Å². The van der Waals surface area contributed by atoms with Crippen molar-refractivity contribution >= 4 is 5.97 Å². The van der Waals surface area contributed by atoms with Crippen LogP contribution in [0.25, 0.3) is 0 Å². The van der Waals surface area contributed by atoms with Gasteiger partial charge in [0.1, 0.15) is 0 Å². The Kier molecular flexibility index (Phi) is 6.64. The van der Waals surface area contributed by atoms with E-state index >= 15 is 0 Å². The van der Waals surface area contributed by atoms with Crippen LogP contribution in [0.5, 0.6) is 0 Å². The first kappa shape index (κ1) is 10.7. The average Bonchev–Trinajstić information content (AvgIpc) is 1.65. The third kappa shape index (κ3) is 3.98. The number of hydrogen-bond donors (Lipinski definition) is 0. The van der Waals surface area contributed by atoms with Gasteiger partial charge in [-0.05, 0) is 6.92 Å². The van der Waals surface area contributed by atoms with Crippen LogP contribution >= 0.6 is 0 Å². The molecule has 0 spiro atoms. The quantitative estimate of drug-likeness (QED) is 0.215. The number of rotatable bonds is 1. The second-order valence-corrected chi connectivity index (χ2v) is 1.27. The average molecular weight is 107 g/mol. The minimum Gasteiger partial charge on any atom is -0.466 e. The van der Waals surface area contributed by atoms with Gasteiger partial charge in [-0.3, -0.25) is 0 Å². The van der Waals surface area contributed by atoms with Crippen molar-refractivity contribution in [3.63, 3.8) is 0 Å². The van der Waals surface area contributed by atoms with Crippen molar-refractivity contribution < 1.29 is 28.4 Å². The number of ether oxygens (including phenoxy) is 1. The van der Waals surface area contributed by atoms with Gasteiger partial charge in [0, 0.05) is 5.57 Å². The molecule has 0 saturated heterocycles. The van der Waals surface area contributed by atoms with E-state index in [1.807, 2.05) is 0 Å². The monoisotopic (exact) mass is 107 g/mol. The smallest absolute Gasteiger partial charge is 0.466 e. The zero-order valence-electron chi connectivity index (χ0n) is 5.52. The molecule has 0 radical (unpaired) electrons. The van der Waals surface area contributed by atoms with Crippen LogP contribution in [0.2, 0.25) is 0 Å². The molecule has 0 heterocycles. The number of carbonyl (C=O) groups is 1. The molecule has 3 heteroatoms. The Bertz CT molecular complexity index is 98.6. The van der Waals surface area contributed by atoms with Crippen molar-refractivity contribution in [2.45, 2.75) is 6.92 Å². The van der Waals surface area contributed by atoms with E-state index in [9.17, 15) is 4.79 Å². The second kappa shape index (κ2) is 4.95. The van der Waals surface area contributed by atoms with Gasteiger partial charge in [-0.1, -0.05) is 6.58 Å². The molecule has 0 fully saturated rings. The van der Waals surface area contributed by atoms with Crippen LogP contribution in [0.3, 0.4) is 0 Å². The third-order valence-electron chi connectivity index (χ3n) is 0.534. The van der Waals surface area contributed by atoms with Crippen molar-refractivity contribution in [1.29, 1.82) is 0 Å². The van der Waals surface area contributed by atoms with Crippen LogP contribution in [0.15, 0.2) is 12.2 Å². The maximum Gasteiger partial charge on any atom is 1.00 e. The van der Waals surface area contributed by atoms with Crippen LogP contribution in [-0.2, 0) is 9.53 Å². The number of hydrogen-bond acceptors (Lipinski definition) is 2. The second-order valence-electron chi connectivity index (χ2n) is 1.27. The fourth-order valence-corrected chi connectivity index (χ4v) is 0.174. The minimum absolute atomic E-state index is 0. The molecule has 0 rings (SSSR count). The summed E-state index contributed by atoms with van der Waals surface area (Å²) in [5.74, 6) is -0.347. The van der Waals surface area contributed by atoms with Crippen molar-refractivity contribution in [3.8, 4) is 0 Å². The summed E-state index contributed by atoms with van der Waals surface area (Å²) in [7, 11) is 1.33. The fraction of sp³-hybridized carbons (Fsp3) is 0.400. The van der Waals surface area contributed by atoms with E-state index < -0.39 is 0 Å². The molecular formula is C5H8LiO2+. The SMILES string of the molecule is C=C(C)C(=O)OC.[Li+]. The normalized spacial score (nSPS) is 6.75. The van der Waals surface area contributed by atoms with Crippen LogP contribution < -0.4 is 18.9 Å². The van der Waals surface area contributed by atoms with Gasteiger partial charge >= 0.3 is 24.8 Å². The van der Waals surface area contributed by atoms with Crippen molar-refractivity contribution in [1.82, 2.24) is 0 Å². The zero-order chi connectivity index (χ0) is 5.86. The molecular weight excluding hydrogens is 99.0 g/mol. The zero-order valence-corrected chi connectivity index (χ0v) is 5.52. The summed E-state index contributed by atoms with van der Waals surface area (Å²) in [5, 5.41) is 0. The summed E-state index contributed by atoms with van der Waals surface area (Å²) in [6.07, 6.45) is 0. The molecule has 0 aromatic rings. The number of carbonyl (C=O) groups excluding carboxylic acids is 1. The molecule has 0 N–H and O–H groups in total. The molecule has 0 saturated carbocycles. The molecule has 0 aromatic carbocycles. The molecule has 0 amide bonds. The number of methoxy groups -OCH3 is 1. The van der Waals surface area contributed by atoms with Gasteiger partial charge in [0.15, 0.2) is 0 Å². The third-order valence-corrected chi connectivity index (χ3v) is 0.534. The Morgan fingerprint density at radius 1 is 1.62 bits per heavy atom. The summed E-state index contributed by atoms with van der Waals surface area (Å²) in [6, 6.07) is 0. The van der Waals surface area contributed by atoms with Crippen molar-refractivity contribution in [3.05, 3.63) is 12.2 Å². The summed E-state index contributed by atoms with van der Waals surface area (Å²) in [6.45, 7) is 4.95. The molecule has 8 heavy (non-hydrogen) atoms. The Hall–Kier alpha value is -0.193. The van der Waals surface area contributed by atoms with Gasteiger partial charge in [0.2, 0.25) is 0 Å². The van der Waals surface area contributed by atoms with Gasteiger partial charge < -0.3 is 4.74 Å². The Balaban J connectivity index is 0. The van der Waals surface area contributed by atoms with Crippen LogP contribution in [0.1, 0.15) is 6.92 Å². The van der Waals surface area contributed by atoms with Crippen molar-refractivity contribution in [2.75, 3.05) is 7.11 Å². The van der Waals surface area contributed by atoms with Gasteiger partial charge in [0.25, 0.3) is 0 Å². The van der Waals surface area contributed by atoms with E-state index in [-0.39, 0.29) is 24.8 Å². The summed E-state index contributed by atoms with van der Waals surface area (Å²) in [4.78, 5) is 10.2. The molecule has 0 aliphatic heterocycles. The van der Waals surface area contributed by atoms with Gasteiger partial charge in [-0.2, -0.15) is 0 Å². The summed E-state index contributed by atoms with van der Waals surface area (Å²) >= 11 is 0. The maximum atomic E-state index is 10.2. The Morgan fingerprint density at radius 2 is 2.00 bits per heavy atom. The maximum absolute atomic E-state index is 10.2. The first-order valence-corrected chi connectivity index (χ1v) is 1.92. The first-order chi connectivity index (χ1) is 3.18. The summed E-state index contributed by atoms with van der Waals surface area (Å²) in [5.41, 5.74) is 0.433. The predicted octanol–water partition coefficient (Wildman–Crippen LogP) is -2.26. The Morgan fingerprint density at radius 3 is 2.00 bits per heavy atom. The standard InChI is InChI=1S/C5H8O2.Li/c1-4(2)5(6)7-3;/h1H2,2-3H3;/q;+1. The van der Waals surface area contributed by atoms with Gasteiger partial charge in [-0.15, -0.1) is 0 Å². The van der Waals surface area contributed by atoms with E-state index in [1.54, 1.807) is 6.92 Å². The molecule has 0 aromatic heterocycles. The molecule has 0 aliphatic carbocycles. The molecule has 2 nitrogen and oxygen atoms in total. The van der Waals surface area contributed by atoms with Gasteiger partial charge in [0.05, 0.1) is 7.11 Å². The largest absolute Gasteiger partial charge is 1.00 e.